The first-order valence-corrected chi connectivity index (χ1v) is 11.1. The molecule has 1 amide bonds. The van der Waals surface area contributed by atoms with E-state index in [-0.39, 0.29) is 41.7 Å². The Hall–Kier alpha value is -3.21. The minimum absolute atomic E-state index is 0.0181. The highest BCUT2D eigenvalue weighted by Gasteiger charge is 2.30. The van der Waals surface area contributed by atoms with Gasteiger partial charge >= 0.3 is 0 Å². The fraction of sp³-hybridized carbons (Fsp3) is 0.238. The number of morpholine rings is 1. The second-order valence-corrected chi connectivity index (χ2v) is 9.05. The Labute approximate surface area is 180 Å². The molecule has 2 aromatic rings. The molecule has 31 heavy (non-hydrogen) atoms. The van der Waals surface area contributed by atoms with E-state index >= 15 is 0 Å². The Kier molecular flexibility index (Phi) is 5.77. The summed E-state index contributed by atoms with van der Waals surface area (Å²) in [4.78, 5) is 12.8. The first kappa shape index (κ1) is 21.0. The third-order valence-corrected chi connectivity index (χ3v) is 7.00. The molecular formula is C21H22N4O5S. The van der Waals surface area contributed by atoms with Crippen molar-refractivity contribution in [2.75, 3.05) is 32.8 Å². The number of nitrogens with zero attached hydrogens (tertiary/aromatic N) is 2. The van der Waals surface area contributed by atoms with E-state index in [1.807, 2.05) is 6.07 Å². The number of ether oxygens (including phenoxy) is 1. The van der Waals surface area contributed by atoms with Crippen molar-refractivity contribution in [3.63, 3.8) is 0 Å². The monoisotopic (exact) mass is 442 g/mol. The van der Waals surface area contributed by atoms with E-state index in [2.05, 4.69) is 5.43 Å². The molecule has 0 bridgehead atoms. The molecule has 0 aliphatic carbocycles. The predicted molar refractivity (Wildman–Crippen MR) is 114 cm³/mol. The Balaban J connectivity index is 1.50. The normalized spacial score (nSPS) is 17.8. The zero-order valence-corrected chi connectivity index (χ0v) is 17.4. The van der Waals surface area contributed by atoms with E-state index in [4.69, 9.17) is 10.1 Å². The molecule has 0 atom stereocenters. The van der Waals surface area contributed by atoms with Gasteiger partial charge < -0.3 is 9.84 Å². The summed E-state index contributed by atoms with van der Waals surface area (Å²) in [6.07, 6.45) is 0. The van der Waals surface area contributed by atoms with E-state index in [0.717, 1.165) is 0 Å². The number of aliphatic hydroxyl groups excluding tert-OH is 1. The second-order valence-electron chi connectivity index (χ2n) is 7.11. The van der Waals surface area contributed by atoms with Crippen LogP contribution < -0.4 is 5.43 Å². The number of sulfonamides is 1. The number of hydrazine groups is 1. The van der Waals surface area contributed by atoms with E-state index in [1.54, 1.807) is 24.3 Å². The van der Waals surface area contributed by atoms with Crippen molar-refractivity contribution in [1.82, 2.24) is 14.7 Å². The standard InChI is InChI=1S/C21H22N4O5S/c22-20-19(15-5-2-1-3-6-15)18(26)14-25(20)23-21(27)16-7-4-8-17(13-16)31(28,29)24-9-11-30-12-10-24/h1-8,13,22,26H,9-12,14H2,(H,23,27). The average Bonchev–Trinajstić information content (AvgIpc) is 3.07. The van der Waals surface area contributed by atoms with Crippen molar-refractivity contribution in [3.05, 3.63) is 71.5 Å². The van der Waals surface area contributed by atoms with Gasteiger partial charge in [0.15, 0.2) is 5.84 Å². The van der Waals surface area contributed by atoms with Crippen LogP contribution in [0.4, 0.5) is 0 Å². The summed E-state index contributed by atoms with van der Waals surface area (Å²) >= 11 is 0. The number of hydrogen-bond donors (Lipinski definition) is 3. The van der Waals surface area contributed by atoms with Gasteiger partial charge in [-0.15, -0.1) is 0 Å². The Morgan fingerprint density at radius 3 is 2.48 bits per heavy atom. The van der Waals surface area contributed by atoms with Gasteiger partial charge in [0, 0.05) is 18.7 Å². The fourth-order valence-corrected chi connectivity index (χ4v) is 4.96. The largest absolute Gasteiger partial charge is 0.510 e. The topological polar surface area (TPSA) is 123 Å². The number of amides is 1. The summed E-state index contributed by atoms with van der Waals surface area (Å²) in [6, 6.07) is 14.7. The summed E-state index contributed by atoms with van der Waals surface area (Å²) in [5, 5.41) is 19.9. The molecule has 0 unspecified atom stereocenters. The molecule has 9 nitrogen and oxygen atoms in total. The zero-order valence-electron chi connectivity index (χ0n) is 16.6. The predicted octanol–water partition coefficient (Wildman–Crippen LogP) is 1.61. The molecule has 1 fully saturated rings. The maximum Gasteiger partial charge on any atom is 0.269 e. The highest BCUT2D eigenvalue weighted by Crippen LogP contribution is 2.26. The Morgan fingerprint density at radius 2 is 1.77 bits per heavy atom. The van der Waals surface area contributed by atoms with Crippen LogP contribution in [0.25, 0.3) is 5.57 Å². The van der Waals surface area contributed by atoms with E-state index < -0.39 is 15.9 Å². The lowest BCUT2D eigenvalue weighted by Crippen LogP contribution is -2.44. The molecule has 0 aromatic heterocycles. The van der Waals surface area contributed by atoms with Gasteiger partial charge in [0.2, 0.25) is 10.0 Å². The van der Waals surface area contributed by atoms with Crippen LogP contribution in [0.15, 0.2) is 65.3 Å². The van der Waals surface area contributed by atoms with E-state index in [1.165, 1.54) is 33.6 Å². The lowest BCUT2D eigenvalue weighted by atomic mass is 10.1. The summed E-state index contributed by atoms with van der Waals surface area (Å²) in [7, 11) is -3.74. The first-order chi connectivity index (χ1) is 14.9. The van der Waals surface area contributed by atoms with Gasteiger partial charge in [0.25, 0.3) is 5.91 Å². The summed E-state index contributed by atoms with van der Waals surface area (Å²) < 4.78 is 32.2. The SMILES string of the molecule is N=C1C(c2ccccc2)=C(O)CN1NC(=O)c1cccc(S(=O)(=O)N2CCOCC2)c1. The summed E-state index contributed by atoms with van der Waals surface area (Å²) in [5.41, 5.74) is 3.71. The number of hydrogen-bond acceptors (Lipinski definition) is 6. The Morgan fingerprint density at radius 1 is 1.06 bits per heavy atom. The minimum atomic E-state index is -3.74. The molecule has 3 N–H and O–H groups in total. The first-order valence-electron chi connectivity index (χ1n) is 9.71. The summed E-state index contributed by atoms with van der Waals surface area (Å²) in [6.45, 7) is 1.13. The smallest absolute Gasteiger partial charge is 0.269 e. The fourth-order valence-electron chi connectivity index (χ4n) is 3.50. The molecule has 2 heterocycles. The molecule has 2 aliphatic rings. The van der Waals surface area contributed by atoms with Crippen LogP contribution >= 0.6 is 0 Å². The van der Waals surface area contributed by atoms with Crippen LogP contribution in [0, 0.1) is 5.41 Å². The molecule has 4 rings (SSSR count). The van der Waals surface area contributed by atoms with Gasteiger partial charge in [-0.05, 0) is 23.8 Å². The zero-order chi connectivity index (χ0) is 22.0. The lowest BCUT2D eigenvalue weighted by molar-refractivity contribution is 0.0730. The highest BCUT2D eigenvalue weighted by molar-refractivity contribution is 7.89. The van der Waals surface area contributed by atoms with E-state index in [0.29, 0.717) is 24.4 Å². The quantitative estimate of drug-likeness (QED) is 0.647. The van der Waals surface area contributed by atoms with Crippen molar-refractivity contribution in [2.24, 2.45) is 0 Å². The Bertz CT molecular complexity index is 1140. The molecule has 0 radical (unpaired) electrons. The molecule has 162 valence electrons. The molecule has 2 aliphatic heterocycles. The molecule has 1 saturated heterocycles. The van der Waals surface area contributed by atoms with Crippen LogP contribution in [0.5, 0.6) is 0 Å². The van der Waals surface area contributed by atoms with Gasteiger partial charge in [0.1, 0.15) is 5.76 Å². The minimum Gasteiger partial charge on any atom is -0.510 e. The van der Waals surface area contributed by atoms with Gasteiger partial charge in [-0.25, -0.2) is 8.42 Å². The number of carbonyl (C=O) groups excluding carboxylic acids is 1. The van der Waals surface area contributed by atoms with Gasteiger partial charge in [0.05, 0.1) is 30.2 Å². The van der Waals surface area contributed by atoms with Crippen molar-refractivity contribution in [1.29, 1.82) is 5.41 Å². The van der Waals surface area contributed by atoms with Gasteiger partial charge in [-0.1, -0.05) is 36.4 Å². The average molecular weight is 442 g/mol. The van der Waals surface area contributed by atoms with Crippen LogP contribution in [0.1, 0.15) is 15.9 Å². The second kappa shape index (κ2) is 8.50. The lowest BCUT2D eigenvalue weighted by Gasteiger charge is -2.26. The highest BCUT2D eigenvalue weighted by atomic mass is 32.2. The van der Waals surface area contributed by atoms with Crippen molar-refractivity contribution < 1.29 is 23.1 Å². The van der Waals surface area contributed by atoms with Crippen LogP contribution in [-0.2, 0) is 14.8 Å². The molecule has 0 spiro atoms. The van der Waals surface area contributed by atoms with Gasteiger partial charge in [-0.2, -0.15) is 4.31 Å². The number of rotatable bonds is 5. The van der Waals surface area contributed by atoms with E-state index in [9.17, 15) is 18.3 Å². The van der Waals surface area contributed by atoms with Crippen LogP contribution in [0.2, 0.25) is 0 Å². The van der Waals surface area contributed by atoms with Crippen molar-refractivity contribution in [2.45, 2.75) is 4.90 Å². The third-order valence-electron chi connectivity index (χ3n) is 5.11. The third kappa shape index (κ3) is 4.18. The van der Waals surface area contributed by atoms with Crippen LogP contribution in [0.3, 0.4) is 0 Å². The molecular weight excluding hydrogens is 420 g/mol. The molecule has 0 saturated carbocycles. The number of benzene rings is 2. The number of aliphatic hydroxyl groups is 1. The number of nitrogens with one attached hydrogen (secondary N) is 2. The number of carbonyl (C=O) groups is 1. The maximum absolute atomic E-state index is 12.9. The van der Waals surface area contributed by atoms with Crippen molar-refractivity contribution in [3.8, 4) is 0 Å². The van der Waals surface area contributed by atoms with Gasteiger partial charge in [-0.3, -0.25) is 20.6 Å². The molecule has 2 aromatic carbocycles. The molecule has 10 heteroatoms. The van der Waals surface area contributed by atoms with Crippen molar-refractivity contribution >= 4 is 27.3 Å². The van der Waals surface area contributed by atoms with Crippen LogP contribution in [-0.4, -0.2) is 67.4 Å². The summed E-state index contributed by atoms with van der Waals surface area (Å²) in [5.74, 6) is -0.653. The maximum atomic E-state index is 12.9. The number of amidine groups is 1.